The van der Waals surface area contributed by atoms with Crippen molar-refractivity contribution in [2.75, 3.05) is 0 Å². The summed E-state index contributed by atoms with van der Waals surface area (Å²) in [7, 11) is 0. The van der Waals surface area contributed by atoms with Crippen molar-refractivity contribution in [1.29, 1.82) is 0 Å². The highest BCUT2D eigenvalue weighted by Gasteiger charge is 2.68. The largest absolute Gasteiger partial charge is 0.459 e. The summed E-state index contributed by atoms with van der Waals surface area (Å²) in [4.78, 5) is 24.6. The standard InChI is InChI=1S/C19H30O2.C18H28O2/c1-4-11(3)18(20)21-19(5-2)10-14-9-15(19)17-13-7-6-12(8-13)16(14)17;1-4-10(2)17(19)20-18(3)9-13-8-14(18)16-12-6-5-11(7-12)15(13)16/h11-17H,4-10H2,1-3H3;10-16H,4-9H2,1-3H3. The molecule has 230 valence electrons. The quantitative estimate of drug-likeness (QED) is 0.229. The Balaban J connectivity index is 0.000000135. The minimum atomic E-state index is -0.142. The Hall–Kier alpha value is -1.06. The van der Waals surface area contributed by atoms with E-state index in [4.69, 9.17) is 9.47 Å². The first-order valence-electron chi connectivity index (χ1n) is 18.1. The van der Waals surface area contributed by atoms with Gasteiger partial charge in [0.1, 0.15) is 11.2 Å². The fourth-order valence-electron chi connectivity index (χ4n) is 13.2. The maximum absolute atomic E-state index is 12.4. The van der Waals surface area contributed by atoms with E-state index in [0.29, 0.717) is 11.8 Å². The van der Waals surface area contributed by atoms with E-state index in [1.165, 1.54) is 57.8 Å². The second-order valence-electron chi connectivity index (χ2n) is 16.8. The zero-order chi connectivity index (χ0) is 28.8. The van der Waals surface area contributed by atoms with Crippen LogP contribution < -0.4 is 0 Å². The molecule has 4 heteroatoms. The van der Waals surface area contributed by atoms with Gasteiger partial charge in [0, 0.05) is 11.8 Å². The maximum atomic E-state index is 12.4. The number of ether oxygens (including phenoxy) is 2. The molecular formula is C37H58O4. The molecule has 8 fully saturated rings. The maximum Gasteiger partial charge on any atom is 0.309 e. The molecule has 16 atom stereocenters. The van der Waals surface area contributed by atoms with Gasteiger partial charge in [0.05, 0.1) is 11.8 Å². The highest BCUT2D eigenvalue weighted by atomic mass is 16.6. The zero-order valence-corrected chi connectivity index (χ0v) is 26.9. The Kier molecular flexibility index (Phi) is 7.18. The molecule has 0 N–H and O–H groups in total. The van der Waals surface area contributed by atoms with Gasteiger partial charge in [-0.05, 0) is 150 Å². The van der Waals surface area contributed by atoms with E-state index < -0.39 is 0 Å². The molecule has 0 aromatic heterocycles. The molecule has 8 saturated carbocycles. The molecule has 0 aromatic carbocycles. The predicted octanol–water partition coefficient (Wildman–Crippen LogP) is 8.46. The van der Waals surface area contributed by atoms with Gasteiger partial charge in [0.2, 0.25) is 0 Å². The van der Waals surface area contributed by atoms with E-state index in [2.05, 4.69) is 27.7 Å². The molecule has 0 heterocycles. The summed E-state index contributed by atoms with van der Waals surface area (Å²) in [5, 5.41) is 0. The average Bonchev–Trinajstić information content (AvgIpc) is 3.81. The van der Waals surface area contributed by atoms with Gasteiger partial charge < -0.3 is 9.47 Å². The molecule has 8 rings (SSSR count). The van der Waals surface area contributed by atoms with Crippen LogP contribution in [-0.4, -0.2) is 23.1 Å². The first-order chi connectivity index (χ1) is 19.6. The van der Waals surface area contributed by atoms with Crippen molar-refractivity contribution in [1.82, 2.24) is 0 Å². The van der Waals surface area contributed by atoms with Gasteiger partial charge in [0.25, 0.3) is 0 Å². The van der Waals surface area contributed by atoms with Crippen LogP contribution in [0.2, 0.25) is 0 Å². The molecule has 8 aliphatic carbocycles. The highest BCUT2D eigenvalue weighted by molar-refractivity contribution is 5.73. The third kappa shape index (κ3) is 4.24. The number of fused-ring (bicyclic) bond motifs is 18. The monoisotopic (exact) mass is 566 g/mol. The van der Waals surface area contributed by atoms with Crippen molar-refractivity contribution in [3.05, 3.63) is 0 Å². The van der Waals surface area contributed by atoms with Crippen molar-refractivity contribution in [2.45, 2.75) is 136 Å². The van der Waals surface area contributed by atoms with Crippen molar-refractivity contribution >= 4 is 11.9 Å². The van der Waals surface area contributed by atoms with Crippen LogP contribution in [0.4, 0.5) is 0 Å². The molecule has 0 spiro atoms. The fraction of sp³-hybridized carbons (Fsp3) is 0.946. The van der Waals surface area contributed by atoms with Crippen LogP contribution in [0.5, 0.6) is 0 Å². The molecule has 8 aliphatic rings. The van der Waals surface area contributed by atoms with Gasteiger partial charge in [-0.2, -0.15) is 0 Å². The second-order valence-corrected chi connectivity index (χ2v) is 16.8. The molecule has 16 unspecified atom stereocenters. The second kappa shape index (κ2) is 10.3. The summed E-state index contributed by atoms with van der Waals surface area (Å²) in [6.07, 6.45) is 16.7. The average molecular weight is 567 g/mol. The Bertz CT molecular complexity index is 1040. The number of carbonyl (C=O) groups excluding carboxylic acids is 2. The molecule has 0 saturated heterocycles. The third-order valence-electron chi connectivity index (χ3n) is 15.2. The van der Waals surface area contributed by atoms with Crippen molar-refractivity contribution in [2.24, 2.45) is 82.9 Å². The summed E-state index contributed by atoms with van der Waals surface area (Å²) in [5.74, 6) is 11.0. The molecule has 0 amide bonds. The topological polar surface area (TPSA) is 52.6 Å². The molecule has 0 aliphatic heterocycles. The van der Waals surface area contributed by atoms with E-state index in [1.807, 2.05) is 13.8 Å². The Morgan fingerprint density at radius 3 is 1.63 bits per heavy atom. The van der Waals surface area contributed by atoms with E-state index in [-0.39, 0.29) is 35.0 Å². The summed E-state index contributed by atoms with van der Waals surface area (Å²) < 4.78 is 12.3. The van der Waals surface area contributed by atoms with Gasteiger partial charge in [-0.25, -0.2) is 0 Å². The van der Waals surface area contributed by atoms with Gasteiger partial charge in [-0.15, -0.1) is 0 Å². The third-order valence-corrected chi connectivity index (χ3v) is 15.2. The Morgan fingerprint density at radius 1 is 0.634 bits per heavy atom. The SMILES string of the molecule is CCC(C)C(=O)OC1(C)CC2CC1C1C3CCC(C3)C21.CCC(C)C(=O)OC1(CC)CC2CC1C1C3CCC(C3)C21. The van der Waals surface area contributed by atoms with Crippen LogP contribution in [0.15, 0.2) is 0 Å². The molecule has 41 heavy (non-hydrogen) atoms. The Labute approximate surface area is 249 Å². The van der Waals surface area contributed by atoms with Gasteiger partial charge in [-0.1, -0.05) is 34.6 Å². The molecule has 0 aromatic rings. The van der Waals surface area contributed by atoms with Gasteiger partial charge in [0.15, 0.2) is 0 Å². The van der Waals surface area contributed by atoms with Gasteiger partial charge >= 0.3 is 11.9 Å². The summed E-state index contributed by atoms with van der Waals surface area (Å²) in [6, 6.07) is 0. The lowest BCUT2D eigenvalue weighted by Crippen LogP contribution is -2.48. The van der Waals surface area contributed by atoms with E-state index in [1.54, 1.807) is 0 Å². The minimum absolute atomic E-state index is 0.0438. The van der Waals surface area contributed by atoms with Crippen LogP contribution in [0.25, 0.3) is 0 Å². The van der Waals surface area contributed by atoms with Crippen molar-refractivity contribution in [3.63, 3.8) is 0 Å². The minimum Gasteiger partial charge on any atom is -0.459 e. The van der Waals surface area contributed by atoms with Crippen LogP contribution in [0.3, 0.4) is 0 Å². The number of carbonyl (C=O) groups is 2. The van der Waals surface area contributed by atoms with Crippen LogP contribution in [0, 0.1) is 82.9 Å². The lowest BCUT2D eigenvalue weighted by atomic mass is 9.65. The summed E-state index contributed by atoms with van der Waals surface area (Å²) >= 11 is 0. The molecule has 0 radical (unpaired) electrons. The molecule has 4 nitrogen and oxygen atoms in total. The first-order valence-corrected chi connectivity index (χ1v) is 18.1. The van der Waals surface area contributed by atoms with Crippen molar-refractivity contribution < 1.29 is 19.1 Å². The number of esters is 2. The molecular weight excluding hydrogens is 508 g/mol. The highest BCUT2D eigenvalue weighted by Crippen LogP contribution is 2.72. The number of hydrogen-bond acceptors (Lipinski definition) is 4. The normalized spacial score (nSPS) is 52.1. The number of rotatable bonds is 7. The van der Waals surface area contributed by atoms with Crippen LogP contribution >= 0.6 is 0 Å². The first kappa shape index (κ1) is 28.7. The predicted molar refractivity (Wildman–Crippen MR) is 161 cm³/mol. The Morgan fingerprint density at radius 2 is 1.10 bits per heavy atom. The fourth-order valence-corrected chi connectivity index (χ4v) is 13.2. The van der Waals surface area contributed by atoms with Crippen LogP contribution in [0.1, 0.15) is 125 Å². The zero-order valence-electron chi connectivity index (χ0n) is 26.9. The summed E-state index contributed by atoms with van der Waals surface area (Å²) in [5.41, 5.74) is -0.242. The smallest absolute Gasteiger partial charge is 0.309 e. The lowest BCUT2D eigenvalue weighted by molar-refractivity contribution is -0.177. The van der Waals surface area contributed by atoms with Crippen LogP contribution in [-0.2, 0) is 19.1 Å². The molecule has 8 bridgehead atoms. The lowest BCUT2D eigenvalue weighted by Gasteiger charge is -2.46. The number of hydrogen-bond donors (Lipinski definition) is 0. The van der Waals surface area contributed by atoms with Crippen molar-refractivity contribution in [3.8, 4) is 0 Å². The summed E-state index contributed by atoms with van der Waals surface area (Å²) in [6.45, 7) is 12.6. The van der Waals surface area contributed by atoms with Gasteiger partial charge in [-0.3, -0.25) is 9.59 Å². The van der Waals surface area contributed by atoms with E-state index in [0.717, 1.165) is 84.9 Å². The van der Waals surface area contributed by atoms with E-state index in [9.17, 15) is 9.59 Å². The van der Waals surface area contributed by atoms with E-state index >= 15 is 0 Å².